The third kappa shape index (κ3) is 3.14. The molecule has 1 aromatic rings. The Bertz CT molecular complexity index is 608. The second-order valence-corrected chi connectivity index (χ2v) is 5.77. The van der Waals surface area contributed by atoms with Gasteiger partial charge < -0.3 is 14.4 Å². The summed E-state index contributed by atoms with van der Waals surface area (Å²) in [6, 6.07) is 3.14. The van der Waals surface area contributed by atoms with Crippen LogP contribution in [0.15, 0.2) is 30.9 Å². The number of carbonyl (C=O) groups is 1. The topological polar surface area (TPSA) is 38.8 Å². The standard InChI is InChI=1S/C17H19F2NO3/c1-2-8-22-15-6-5-14-16(15)23-9-7-20(14)17(21)11-3-4-12(18)13(19)10-11/h2-4,10,14-16H,1,5-9H2/t14-,15-,16+/m1/s1. The van der Waals surface area contributed by atoms with Crippen LogP contribution in [0.4, 0.5) is 8.78 Å². The van der Waals surface area contributed by atoms with Gasteiger partial charge in [-0.1, -0.05) is 6.08 Å². The quantitative estimate of drug-likeness (QED) is 0.799. The molecule has 6 heteroatoms. The number of morpholine rings is 1. The smallest absolute Gasteiger partial charge is 0.254 e. The van der Waals surface area contributed by atoms with Crippen LogP contribution >= 0.6 is 0 Å². The normalized spacial score (nSPS) is 26.9. The highest BCUT2D eigenvalue weighted by molar-refractivity contribution is 5.94. The average molecular weight is 323 g/mol. The van der Waals surface area contributed by atoms with Gasteiger partial charge in [-0.05, 0) is 31.0 Å². The maximum Gasteiger partial charge on any atom is 0.254 e. The van der Waals surface area contributed by atoms with E-state index >= 15 is 0 Å². The first kappa shape index (κ1) is 16.1. The second kappa shape index (κ2) is 6.76. The number of halogens is 2. The summed E-state index contributed by atoms with van der Waals surface area (Å²) >= 11 is 0. The van der Waals surface area contributed by atoms with Gasteiger partial charge in [0.1, 0.15) is 6.10 Å². The number of benzene rings is 1. The Balaban J connectivity index is 1.76. The number of rotatable bonds is 4. The SMILES string of the molecule is C=CCO[C@@H]1CC[C@@H]2[C@@H]1OCCN2C(=O)c1ccc(F)c(F)c1. The third-order valence-electron chi connectivity index (χ3n) is 4.39. The fourth-order valence-corrected chi connectivity index (χ4v) is 3.33. The van der Waals surface area contributed by atoms with Crippen molar-refractivity contribution in [1.29, 1.82) is 0 Å². The number of ether oxygens (including phenoxy) is 2. The van der Waals surface area contributed by atoms with E-state index in [2.05, 4.69) is 6.58 Å². The van der Waals surface area contributed by atoms with Crippen LogP contribution in [-0.4, -0.2) is 48.8 Å². The van der Waals surface area contributed by atoms with Gasteiger partial charge in [0.2, 0.25) is 0 Å². The summed E-state index contributed by atoms with van der Waals surface area (Å²) in [6.45, 7) is 4.91. The molecule has 0 spiro atoms. The van der Waals surface area contributed by atoms with Crippen molar-refractivity contribution in [2.75, 3.05) is 19.8 Å². The van der Waals surface area contributed by atoms with Crippen LogP contribution in [-0.2, 0) is 9.47 Å². The summed E-state index contributed by atoms with van der Waals surface area (Å²) in [5, 5.41) is 0. The predicted molar refractivity (Wildman–Crippen MR) is 80.1 cm³/mol. The molecule has 2 fully saturated rings. The van der Waals surface area contributed by atoms with Crippen molar-refractivity contribution < 1.29 is 23.0 Å². The van der Waals surface area contributed by atoms with Gasteiger partial charge in [0.05, 0.1) is 25.4 Å². The fourth-order valence-electron chi connectivity index (χ4n) is 3.33. The van der Waals surface area contributed by atoms with Gasteiger partial charge in [0, 0.05) is 12.1 Å². The minimum atomic E-state index is -1.01. The average Bonchev–Trinajstić information content (AvgIpc) is 2.98. The highest BCUT2D eigenvalue weighted by Crippen LogP contribution is 2.33. The van der Waals surface area contributed by atoms with Crippen LogP contribution in [0.5, 0.6) is 0 Å². The Hall–Kier alpha value is -1.79. The van der Waals surface area contributed by atoms with Crippen molar-refractivity contribution in [1.82, 2.24) is 4.90 Å². The predicted octanol–water partition coefficient (Wildman–Crippen LogP) is 2.54. The van der Waals surface area contributed by atoms with E-state index in [9.17, 15) is 13.6 Å². The zero-order chi connectivity index (χ0) is 16.4. The summed E-state index contributed by atoms with van der Waals surface area (Å²) in [4.78, 5) is 14.3. The van der Waals surface area contributed by atoms with Crippen molar-refractivity contribution in [3.63, 3.8) is 0 Å². The molecule has 0 aromatic heterocycles. The summed E-state index contributed by atoms with van der Waals surface area (Å²) in [7, 11) is 0. The van der Waals surface area contributed by atoms with E-state index in [4.69, 9.17) is 9.47 Å². The molecule has 23 heavy (non-hydrogen) atoms. The summed E-state index contributed by atoms with van der Waals surface area (Å²) in [5.41, 5.74) is 0.153. The molecule has 1 heterocycles. The van der Waals surface area contributed by atoms with Crippen LogP contribution in [0.1, 0.15) is 23.2 Å². The molecule has 3 rings (SSSR count). The zero-order valence-electron chi connectivity index (χ0n) is 12.7. The fraction of sp³-hybridized carbons (Fsp3) is 0.471. The first-order chi connectivity index (χ1) is 11.1. The summed E-state index contributed by atoms with van der Waals surface area (Å²) in [5.74, 6) is -2.27. The van der Waals surface area contributed by atoms with Crippen molar-refractivity contribution >= 4 is 5.91 Å². The molecule has 1 amide bonds. The van der Waals surface area contributed by atoms with E-state index < -0.39 is 11.6 Å². The molecule has 0 radical (unpaired) electrons. The number of hydrogen-bond donors (Lipinski definition) is 0. The van der Waals surface area contributed by atoms with E-state index in [1.165, 1.54) is 6.07 Å². The van der Waals surface area contributed by atoms with Crippen LogP contribution in [0.2, 0.25) is 0 Å². The van der Waals surface area contributed by atoms with Gasteiger partial charge in [-0.3, -0.25) is 4.79 Å². The molecule has 0 N–H and O–H groups in total. The minimum Gasteiger partial charge on any atom is -0.372 e. The maximum absolute atomic E-state index is 13.4. The monoisotopic (exact) mass is 323 g/mol. The lowest BCUT2D eigenvalue weighted by atomic mass is 10.1. The Labute approximate surface area is 133 Å². The Morgan fingerprint density at radius 1 is 1.39 bits per heavy atom. The molecule has 0 bridgehead atoms. The first-order valence-corrected chi connectivity index (χ1v) is 7.72. The van der Waals surface area contributed by atoms with Crippen LogP contribution in [0.25, 0.3) is 0 Å². The molecule has 1 aliphatic carbocycles. The number of fused-ring (bicyclic) bond motifs is 1. The van der Waals surface area contributed by atoms with E-state index in [0.717, 1.165) is 25.0 Å². The lowest BCUT2D eigenvalue weighted by molar-refractivity contribution is -0.100. The van der Waals surface area contributed by atoms with Gasteiger partial charge in [-0.25, -0.2) is 8.78 Å². The van der Waals surface area contributed by atoms with Crippen molar-refractivity contribution in [2.45, 2.75) is 31.1 Å². The Morgan fingerprint density at radius 3 is 2.96 bits per heavy atom. The molecule has 1 aliphatic heterocycles. The molecule has 2 aliphatic rings. The lowest BCUT2D eigenvalue weighted by Gasteiger charge is -2.39. The Kier molecular flexibility index (Phi) is 4.73. The maximum atomic E-state index is 13.4. The lowest BCUT2D eigenvalue weighted by Crippen LogP contribution is -2.53. The Morgan fingerprint density at radius 2 is 2.22 bits per heavy atom. The molecular formula is C17H19F2NO3. The van der Waals surface area contributed by atoms with Gasteiger partial charge >= 0.3 is 0 Å². The molecule has 3 atom stereocenters. The van der Waals surface area contributed by atoms with Crippen molar-refractivity contribution in [3.8, 4) is 0 Å². The molecule has 1 aromatic carbocycles. The van der Waals surface area contributed by atoms with E-state index in [-0.39, 0.29) is 29.7 Å². The van der Waals surface area contributed by atoms with Gasteiger partial charge in [0.15, 0.2) is 11.6 Å². The molecular weight excluding hydrogens is 304 g/mol. The number of amides is 1. The van der Waals surface area contributed by atoms with Crippen molar-refractivity contribution in [2.24, 2.45) is 0 Å². The van der Waals surface area contributed by atoms with Crippen molar-refractivity contribution in [3.05, 3.63) is 48.1 Å². The van der Waals surface area contributed by atoms with Crippen LogP contribution < -0.4 is 0 Å². The number of hydrogen-bond acceptors (Lipinski definition) is 3. The highest BCUT2D eigenvalue weighted by atomic mass is 19.2. The molecule has 0 unspecified atom stereocenters. The van der Waals surface area contributed by atoms with Crippen LogP contribution in [0.3, 0.4) is 0 Å². The highest BCUT2D eigenvalue weighted by Gasteiger charge is 2.45. The molecule has 124 valence electrons. The largest absolute Gasteiger partial charge is 0.372 e. The van der Waals surface area contributed by atoms with Gasteiger partial charge in [-0.2, -0.15) is 0 Å². The van der Waals surface area contributed by atoms with Gasteiger partial charge in [-0.15, -0.1) is 6.58 Å². The number of nitrogens with zero attached hydrogens (tertiary/aromatic N) is 1. The molecule has 4 nitrogen and oxygen atoms in total. The van der Waals surface area contributed by atoms with Gasteiger partial charge in [0.25, 0.3) is 5.91 Å². The van der Waals surface area contributed by atoms with E-state index in [0.29, 0.717) is 19.8 Å². The van der Waals surface area contributed by atoms with E-state index in [1.54, 1.807) is 11.0 Å². The molecule has 1 saturated carbocycles. The summed E-state index contributed by atoms with van der Waals surface area (Å²) in [6.07, 6.45) is 2.99. The van der Waals surface area contributed by atoms with E-state index in [1.807, 2.05) is 0 Å². The third-order valence-corrected chi connectivity index (χ3v) is 4.39. The number of carbonyl (C=O) groups excluding carboxylic acids is 1. The minimum absolute atomic E-state index is 0.0708. The first-order valence-electron chi connectivity index (χ1n) is 7.72. The summed E-state index contributed by atoms with van der Waals surface area (Å²) < 4.78 is 37.9. The second-order valence-electron chi connectivity index (χ2n) is 5.77. The molecule has 1 saturated heterocycles. The zero-order valence-corrected chi connectivity index (χ0v) is 12.7. The van der Waals surface area contributed by atoms with Crippen LogP contribution in [0, 0.1) is 11.6 Å².